The summed E-state index contributed by atoms with van der Waals surface area (Å²) in [5, 5.41) is 19.7. The first-order valence-electron chi connectivity index (χ1n) is 8.92. The van der Waals surface area contributed by atoms with E-state index in [-0.39, 0.29) is 22.9 Å². The van der Waals surface area contributed by atoms with Crippen LogP contribution in [0.4, 0.5) is 0 Å². The van der Waals surface area contributed by atoms with E-state index in [4.69, 9.17) is 4.89 Å². The molecule has 5 unspecified atom stereocenters. The molecule has 0 spiro atoms. The molecule has 0 amide bonds. The van der Waals surface area contributed by atoms with E-state index in [1.54, 1.807) is 13.0 Å². The Morgan fingerprint density at radius 2 is 2.00 bits per heavy atom. The number of fused-ring (bicyclic) bond motifs is 1. The van der Waals surface area contributed by atoms with Crippen molar-refractivity contribution in [3.05, 3.63) is 24.8 Å². The molecule has 132 valence electrons. The van der Waals surface area contributed by atoms with Gasteiger partial charge >= 0.3 is 0 Å². The van der Waals surface area contributed by atoms with E-state index in [9.17, 15) is 10.4 Å². The topological polar surface area (TPSA) is 49.7 Å². The molecule has 0 radical (unpaired) electrons. The van der Waals surface area contributed by atoms with Crippen LogP contribution in [-0.4, -0.2) is 22.1 Å². The summed E-state index contributed by atoms with van der Waals surface area (Å²) in [5.74, 6) is 0.745. The molecular weight excluding hydrogens is 288 g/mol. The Hall–Kier alpha value is -0.640. The molecule has 2 N–H and O–H groups in total. The quantitative estimate of drug-likeness (QED) is 0.427. The summed E-state index contributed by atoms with van der Waals surface area (Å²) in [7, 11) is 0. The van der Waals surface area contributed by atoms with E-state index < -0.39 is 5.60 Å². The summed E-state index contributed by atoms with van der Waals surface area (Å²) in [6.45, 7) is 16.9. The summed E-state index contributed by atoms with van der Waals surface area (Å²) < 4.78 is 0. The Balaban J connectivity index is 2.31. The number of hydrogen-bond donors (Lipinski definition) is 2. The lowest BCUT2D eigenvalue weighted by molar-refractivity contribution is -0.286. The third-order valence-electron chi connectivity index (χ3n) is 6.89. The van der Waals surface area contributed by atoms with Crippen molar-refractivity contribution in [2.24, 2.45) is 22.7 Å². The predicted molar refractivity (Wildman–Crippen MR) is 94.0 cm³/mol. The molecule has 5 atom stereocenters. The first kappa shape index (κ1) is 18.7. The molecule has 3 nitrogen and oxygen atoms in total. The molecule has 2 rings (SSSR count). The van der Waals surface area contributed by atoms with Crippen LogP contribution in [0.1, 0.15) is 66.2 Å². The third-order valence-corrected chi connectivity index (χ3v) is 6.89. The molecule has 0 heterocycles. The zero-order chi connectivity index (χ0) is 17.5. The van der Waals surface area contributed by atoms with Crippen molar-refractivity contribution in [3.63, 3.8) is 0 Å². The van der Waals surface area contributed by atoms with Crippen molar-refractivity contribution in [2.45, 2.75) is 77.9 Å². The van der Waals surface area contributed by atoms with Crippen LogP contribution in [-0.2, 0) is 4.89 Å². The highest BCUT2D eigenvalue weighted by Crippen LogP contribution is 2.62. The van der Waals surface area contributed by atoms with Crippen molar-refractivity contribution < 1.29 is 15.3 Å². The highest BCUT2D eigenvalue weighted by atomic mass is 17.1. The lowest BCUT2D eigenvalue weighted by Gasteiger charge is -2.59. The molecule has 2 aliphatic rings. The summed E-state index contributed by atoms with van der Waals surface area (Å²) in [6, 6.07) is 0. The fourth-order valence-electron chi connectivity index (χ4n) is 5.35. The molecule has 0 bridgehead atoms. The molecule has 0 aromatic heterocycles. The number of hydrogen-bond acceptors (Lipinski definition) is 3. The first-order valence-corrected chi connectivity index (χ1v) is 8.92. The van der Waals surface area contributed by atoms with Crippen molar-refractivity contribution >= 4 is 0 Å². The van der Waals surface area contributed by atoms with Gasteiger partial charge in [0, 0.05) is 0 Å². The molecule has 3 heteroatoms. The fraction of sp³-hybridized carbons (Fsp3) is 0.800. The molecule has 0 saturated heterocycles. The van der Waals surface area contributed by atoms with Gasteiger partial charge in [-0.3, -0.25) is 5.26 Å². The van der Waals surface area contributed by atoms with E-state index in [0.29, 0.717) is 12.3 Å². The van der Waals surface area contributed by atoms with Gasteiger partial charge in [-0.05, 0) is 67.3 Å². The minimum absolute atomic E-state index is 0.158. The Morgan fingerprint density at radius 3 is 2.57 bits per heavy atom. The Kier molecular flexibility index (Phi) is 5.16. The standard InChI is InChI=1S/C20H34O3/c1-7-19(5,21)12-9-15-14(2)16(23-22)13-17-18(3,4)10-8-11-20(15,17)6/h7,15-17,21-22H,1-2,8-13H2,3-6H3. The van der Waals surface area contributed by atoms with Gasteiger partial charge in [-0.15, -0.1) is 6.58 Å². The maximum Gasteiger partial charge on any atom is 0.114 e. The summed E-state index contributed by atoms with van der Waals surface area (Å²) in [5.41, 5.74) is 0.529. The molecule has 23 heavy (non-hydrogen) atoms. The second-order valence-electron chi connectivity index (χ2n) is 8.96. The first-order chi connectivity index (χ1) is 10.6. The minimum Gasteiger partial charge on any atom is -0.386 e. The van der Waals surface area contributed by atoms with Gasteiger partial charge in [0.2, 0.25) is 0 Å². The minimum atomic E-state index is -0.858. The van der Waals surface area contributed by atoms with Gasteiger partial charge in [-0.2, -0.15) is 0 Å². The molecule has 2 fully saturated rings. The van der Waals surface area contributed by atoms with Crippen molar-refractivity contribution in [1.82, 2.24) is 0 Å². The molecule has 2 saturated carbocycles. The van der Waals surface area contributed by atoms with Crippen molar-refractivity contribution in [1.29, 1.82) is 0 Å². The van der Waals surface area contributed by atoms with Crippen LogP contribution in [0, 0.1) is 22.7 Å². The largest absolute Gasteiger partial charge is 0.386 e. The summed E-state index contributed by atoms with van der Waals surface area (Å²) >= 11 is 0. The maximum absolute atomic E-state index is 10.3. The Morgan fingerprint density at radius 1 is 1.35 bits per heavy atom. The Bertz CT molecular complexity index is 466. The Labute approximate surface area is 141 Å². The van der Waals surface area contributed by atoms with E-state index in [1.807, 2.05) is 0 Å². The van der Waals surface area contributed by atoms with Gasteiger partial charge < -0.3 is 5.11 Å². The normalized spacial score (nSPS) is 39.4. The monoisotopic (exact) mass is 322 g/mol. The van der Waals surface area contributed by atoms with Crippen molar-refractivity contribution in [3.8, 4) is 0 Å². The van der Waals surface area contributed by atoms with Crippen LogP contribution >= 0.6 is 0 Å². The summed E-state index contributed by atoms with van der Waals surface area (Å²) in [6.07, 6.45) is 7.29. The number of rotatable bonds is 5. The van der Waals surface area contributed by atoms with E-state index in [0.717, 1.165) is 18.4 Å². The van der Waals surface area contributed by atoms with Crippen LogP contribution in [0.25, 0.3) is 0 Å². The van der Waals surface area contributed by atoms with Gasteiger partial charge in [0.05, 0.1) is 5.60 Å². The summed E-state index contributed by atoms with van der Waals surface area (Å²) in [4.78, 5) is 4.80. The van der Waals surface area contributed by atoms with E-state index in [2.05, 4.69) is 33.9 Å². The van der Waals surface area contributed by atoms with E-state index >= 15 is 0 Å². The van der Waals surface area contributed by atoms with Crippen LogP contribution in [0.15, 0.2) is 24.8 Å². The zero-order valence-corrected chi connectivity index (χ0v) is 15.3. The highest BCUT2D eigenvalue weighted by Gasteiger charge is 2.55. The van der Waals surface area contributed by atoms with Gasteiger partial charge in [0.25, 0.3) is 0 Å². The van der Waals surface area contributed by atoms with Crippen molar-refractivity contribution in [2.75, 3.05) is 0 Å². The van der Waals surface area contributed by atoms with Crippen LogP contribution in [0.2, 0.25) is 0 Å². The second kappa shape index (κ2) is 6.34. The predicted octanol–water partition coefficient (Wildman–Crippen LogP) is 4.97. The highest BCUT2D eigenvalue weighted by molar-refractivity contribution is 5.20. The molecule has 2 aliphatic carbocycles. The van der Waals surface area contributed by atoms with Crippen LogP contribution < -0.4 is 0 Å². The van der Waals surface area contributed by atoms with E-state index in [1.165, 1.54) is 19.3 Å². The number of aliphatic hydroxyl groups is 1. The maximum atomic E-state index is 10.3. The molecule has 0 aromatic rings. The fourth-order valence-corrected chi connectivity index (χ4v) is 5.35. The zero-order valence-electron chi connectivity index (χ0n) is 15.3. The van der Waals surface area contributed by atoms with Crippen LogP contribution in [0.3, 0.4) is 0 Å². The molecular formula is C20H34O3. The van der Waals surface area contributed by atoms with Gasteiger partial charge in [0.1, 0.15) is 6.10 Å². The van der Waals surface area contributed by atoms with Gasteiger partial charge in [-0.25, -0.2) is 4.89 Å². The van der Waals surface area contributed by atoms with Crippen LogP contribution in [0.5, 0.6) is 0 Å². The van der Waals surface area contributed by atoms with Gasteiger partial charge in [0.15, 0.2) is 0 Å². The lowest BCUT2D eigenvalue weighted by Crippen LogP contribution is -2.53. The average molecular weight is 322 g/mol. The second-order valence-corrected chi connectivity index (χ2v) is 8.96. The third kappa shape index (κ3) is 3.42. The SMILES string of the molecule is C=CC(C)(O)CCC1C(=C)C(OO)CC2C(C)(C)CCCC12C. The smallest absolute Gasteiger partial charge is 0.114 e. The molecule has 0 aliphatic heterocycles. The van der Waals surface area contributed by atoms with Gasteiger partial charge in [-0.1, -0.05) is 39.8 Å². The molecule has 0 aromatic carbocycles. The lowest BCUT2D eigenvalue weighted by atomic mass is 9.46. The average Bonchev–Trinajstić information content (AvgIpc) is 2.45.